The van der Waals surface area contributed by atoms with Crippen LogP contribution in [0.25, 0.3) is 22.4 Å². The molecule has 0 bridgehead atoms. The van der Waals surface area contributed by atoms with E-state index in [1.807, 2.05) is 43.3 Å². The highest BCUT2D eigenvalue weighted by molar-refractivity contribution is 6.36. The number of aliphatic hydroxyl groups excluding tert-OH is 1. The van der Waals surface area contributed by atoms with E-state index >= 15 is 0 Å². The van der Waals surface area contributed by atoms with Gasteiger partial charge < -0.3 is 20.5 Å². The molecule has 2 aromatic heterocycles. The molecule has 218 valence electrons. The molecule has 1 unspecified atom stereocenters. The first-order valence-electron chi connectivity index (χ1n) is 13.7. The number of carbonyl (C=O) groups is 1. The van der Waals surface area contributed by atoms with Gasteiger partial charge in [-0.3, -0.25) is 9.59 Å². The van der Waals surface area contributed by atoms with Crippen molar-refractivity contribution in [1.82, 2.24) is 20.5 Å². The number of anilines is 1. The fraction of sp³-hybridized carbons (Fsp3) is 0.290. The molecule has 4 N–H and O–H groups in total. The first-order valence-corrected chi connectivity index (χ1v) is 14.4. The number of benzene rings is 2. The summed E-state index contributed by atoms with van der Waals surface area (Å²) in [5.41, 5.74) is 4.32. The molecule has 1 aliphatic carbocycles. The van der Waals surface area contributed by atoms with Crippen molar-refractivity contribution in [3.05, 3.63) is 91.8 Å². The number of aromatic nitrogens is 3. The van der Waals surface area contributed by atoms with Crippen molar-refractivity contribution in [2.24, 2.45) is 0 Å². The number of H-pyrrole nitrogens is 1. The topological polar surface area (TPSA) is 129 Å². The molecule has 2 atom stereocenters. The lowest BCUT2D eigenvalue weighted by molar-refractivity contribution is 0.0901. The number of hydrogen-bond donors (Lipinski definition) is 4. The molecule has 0 aliphatic heterocycles. The zero-order valence-corrected chi connectivity index (χ0v) is 24.7. The van der Waals surface area contributed by atoms with Crippen LogP contribution in [0.15, 0.2) is 59.4 Å². The second-order valence-corrected chi connectivity index (χ2v) is 11.0. The Balaban J connectivity index is 1.41. The van der Waals surface area contributed by atoms with Gasteiger partial charge in [0.05, 0.1) is 23.9 Å². The van der Waals surface area contributed by atoms with E-state index in [4.69, 9.17) is 32.9 Å². The molecule has 0 saturated heterocycles. The van der Waals surface area contributed by atoms with Crippen molar-refractivity contribution in [3.63, 3.8) is 0 Å². The Bertz CT molecular complexity index is 1680. The maximum atomic E-state index is 12.9. The zero-order valence-electron chi connectivity index (χ0n) is 23.2. The molecule has 1 aliphatic rings. The van der Waals surface area contributed by atoms with Crippen LogP contribution in [0.5, 0.6) is 5.88 Å². The van der Waals surface area contributed by atoms with E-state index < -0.39 is 11.5 Å². The number of nitrogens with zero attached hydrogens (tertiary/aromatic N) is 2. The van der Waals surface area contributed by atoms with Crippen LogP contribution in [0, 0.1) is 6.92 Å². The van der Waals surface area contributed by atoms with E-state index in [0.717, 1.165) is 53.5 Å². The predicted molar refractivity (Wildman–Crippen MR) is 164 cm³/mol. The summed E-state index contributed by atoms with van der Waals surface area (Å²) < 4.78 is 5.62. The average molecular weight is 609 g/mol. The number of carbonyl (C=O) groups excluding carboxylic acids is 1. The molecule has 4 aromatic rings. The third-order valence-electron chi connectivity index (χ3n) is 7.58. The minimum atomic E-state index is -0.641. The number of aromatic amines is 1. The molecule has 11 heteroatoms. The summed E-state index contributed by atoms with van der Waals surface area (Å²) in [5.74, 6) is -0.122. The summed E-state index contributed by atoms with van der Waals surface area (Å²) in [6.45, 7) is 2.39. The molecular formula is C31H31Cl2N5O4. The molecule has 1 saturated carbocycles. The lowest BCUT2D eigenvalue weighted by Crippen LogP contribution is -2.41. The van der Waals surface area contributed by atoms with E-state index in [1.54, 1.807) is 19.2 Å². The first kappa shape index (κ1) is 29.7. The van der Waals surface area contributed by atoms with Gasteiger partial charge in [0.25, 0.3) is 11.5 Å². The summed E-state index contributed by atoms with van der Waals surface area (Å²) in [7, 11) is 1.58. The minimum Gasteiger partial charge on any atom is -0.481 e. The average Bonchev–Trinajstić information content (AvgIpc) is 2.99. The monoisotopic (exact) mass is 607 g/mol. The van der Waals surface area contributed by atoms with Crippen molar-refractivity contribution in [1.29, 1.82) is 0 Å². The van der Waals surface area contributed by atoms with E-state index in [0.29, 0.717) is 28.8 Å². The van der Waals surface area contributed by atoms with E-state index in [-0.39, 0.29) is 22.9 Å². The number of halogens is 2. The Morgan fingerprint density at radius 3 is 2.60 bits per heavy atom. The van der Waals surface area contributed by atoms with Gasteiger partial charge >= 0.3 is 0 Å². The van der Waals surface area contributed by atoms with Gasteiger partial charge in [-0.15, -0.1) is 0 Å². The predicted octanol–water partition coefficient (Wildman–Crippen LogP) is 5.77. The van der Waals surface area contributed by atoms with Crippen LogP contribution < -0.4 is 20.9 Å². The second kappa shape index (κ2) is 13.0. The molecule has 2 heterocycles. The highest BCUT2D eigenvalue weighted by Crippen LogP contribution is 2.39. The molecule has 1 fully saturated rings. The van der Waals surface area contributed by atoms with Gasteiger partial charge in [0.15, 0.2) is 0 Å². The number of ether oxygens (including phenoxy) is 1. The van der Waals surface area contributed by atoms with Crippen LogP contribution in [0.2, 0.25) is 10.2 Å². The fourth-order valence-electron chi connectivity index (χ4n) is 5.26. The van der Waals surface area contributed by atoms with Crippen LogP contribution in [0.4, 0.5) is 5.69 Å². The fourth-order valence-corrected chi connectivity index (χ4v) is 5.74. The van der Waals surface area contributed by atoms with Crippen molar-refractivity contribution >= 4 is 34.8 Å². The zero-order chi connectivity index (χ0) is 29.8. The number of nitrogens with one attached hydrogen (secondary N) is 3. The molecule has 1 amide bonds. The van der Waals surface area contributed by atoms with Crippen molar-refractivity contribution in [2.75, 3.05) is 12.4 Å². The number of hydrogen-bond acceptors (Lipinski definition) is 7. The summed E-state index contributed by atoms with van der Waals surface area (Å²) >= 11 is 12.8. The maximum absolute atomic E-state index is 12.9. The summed E-state index contributed by atoms with van der Waals surface area (Å²) in [6.07, 6.45) is 3.57. The number of rotatable bonds is 8. The molecule has 2 aromatic carbocycles. The Morgan fingerprint density at radius 1 is 1.07 bits per heavy atom. The van der Waals surface area contributed by atoms with E-state index in [2.05, 4.69) is 20.8 Å². The van der Waals surface area contributed by atoms with Gasteiger partial charge in [-0.25, -0.2) is 10.1 Å². The highest BCUT2D eigenvalue weighted by Gasteiger charge is 2.23. The van der Waals surface area contributed by atoms with Crippen LogP contribution >= 0.6 is 23.2 Å². The van der Waals surface area contributed by atoms with Gasteiger partial charge in [-0.2, -0.15) is 5.10 Å². The lowest BCUT2D eigenvalue weighted by atomic mass is 9.92. The third kappa shape index (κ3) is 6.34. The van der Waals surface area contributed by atoms with E-state index in [9.17, 15) is 14.7 Å². The van der Waals surface area contributed by atoms with Gasteiger partial charge in [0, 0.05) is 35.0 Å². The number of aliphatic hydroxyl groups is 1. The van der Waals surface area contributed by atoms with Gasteiger partial charge in [-0.05, 0) is 49.1 Å². The van der Waals surface area contributed by atoms with E-state index in [1.165, 1.54) is 6.07 Å². The maximum Gasteiger partial charge on any atom is 0.277 e. The van der Waals surface area contributed by atoms with Gasteiger partial charge in [-0.1, -0.05) is 72.4 Å². The Hall–Kier alpha value is -3.76. The van der Waals surface area contributed by atoms with Crippen LogP contribution in [0.1, 0.15) is 47.2 Å². The van der Waals surface area contributed by atoms with Crippen molar-refractivity contribution in [2.45, 2.75) is 51.3 Å². The molecule has 9 nitrogen and oxygen atoms in total. The second-order valence-electron chi connectivity index (χ2n) is 10.2. The third-order valence-corrected chi connectivity index (χ3v) is 8.18. The largest absolute Gasteiger partial charge is 0.481 e. The normalized spacial score (nSPS) is 16.7. The highest BCUT2D eigenvalue weighted by atomic mass is 35.5. The van der Waals surface area contributed by atoms with Crippen molar-refractivity contribution in [3.8, 4) is 28.3 Å². The molecule has 42 heavy (non-hydrogen) atoms. The SMILES string of the molecule is COc1nc(-c2cccc(-c3cccc(NC(=O)c4cc(Cl)n[nH]c4=O)c3C)c2Cl)ccc1CNC1CCCC[C@@H]1O. The number of pyridine rings is 1. The number of methoxy groups -OCH3 is 1. The Morgan fingerprint density at radius 2 is 1.81 bits per heavy atom. The van der Waals surface area contributed by atoms with Crippen molar-refractivity contribution < 1.29 is 14.6 Å². The summed E-state index contributed by atoms with van der Waals surface area (Å²) in [4.78, 5) is 29.7. The molecule has 0 radical (unpaired) electrons. The van der Waals surface area contributed by atoms with Gasteiger partial charge in [0.1, 0.15) is 10.7 Å². The van der Waals surface area contributed by atoms with Crippen LogP contribution in [0.3, 0.4) is 0 Å². The van der Waals surface area contributed by atoms with Crippen LogP contribution in [-0.4, -0.2) is 45.5 Å². The quantitative estimate of drug-likeness (QED) is 0.200. The Kier molecular flexibility index (Phi) is 9.23. The van der Waals surface area contributed by atoms with Crippen LogP contribution in [-0.2, 0) is 6.54 Å². The minimum absolute atomic E-state index is 0.00590. The standard InChI is InChI=1S/C31H31Cl2N5O4/c1-17-19(7-6-11-23(17)35-29(40)22-15-27(32)37-38-30(22)41)20-8-5-9-21(28(20)33)24-14-13-18(31(36-24)42-2)16-34-25-10-3-4-12-26(25)39/h5-9,11,13-15,25-26,34,39H,3-4,10,12,16H2,1-2H3,(H,35,40)(H,38,41)/t25?,26-/m0/s1. The molecule has 0 spiro atoms. The molecule has 5 rings (SSSR count). The first-order chi connectivity index (χ1) is 20.3. The Labute approximate surface area is 253 Å². The molecular weight excluding hydrogens is 577 g/mol. The summed E-state index contributed by atoms with van der Waals surface area (Å²) in [6, 6.07) is 16.3. The number of amides is 1. The summed E-state index contributed by atoms with van der Waals surface area (Å²) in [5, 5.41) is 22.8. The van der Waals surface area contributed by atoms with Gasteiger partial charge in [0.2, 0.25) is 5.88 Å². The lowest BCUT2D eigenvalue weighted by Gasteiger charge is -2.28. The smallest absolute Gasteiger partial charge is 0.277 e.